The molecule has 112 valence electrons. The molecule has 2 aliphatic rings. The Balaban J connectivity index is 1.97. The van der Waals surface area contributed by atoms with Crippen LogP contribution in [0.5, 0.6) is 0 Å². The minimum Gasteiger partial charge on any atom is -0.391 e. The summed E-state index contributed by atoms with van der Waals surface area (Å²) in [5.41, 5.74) is 0.383. The fraction of sp³-hybridized carbons (Fsp3) is 1.00. The average Bonchev–Trinajstić information content (AvgIpc) is 2.28. The van der Waals surface area contributed by atoms with E-state index in [1.54, 1.807) is 0 Å². The van der Waals surface area contributed by atoms with E-state index in [0.29, 0.717) is 11.5 Å². The minimum atomic E-state index is -0.0985. The summed E-state index contributed by atoms with van der Waals surface area (Å²) in [6.07, 6.45) is 7.50. The number of hydrogen-bond acceptors (Lipinski definition) is 2. The summed E-state index contributed by atoms with van der Waals surface area (Å²) in [6.45, 7) is 11.6. The lowest BCUT2D eigenvalue weighted by Crippen LogP contribution is -2.50. The van der Waals surface area contributed by atoms with Crippen LogP contribution in [0.15, 0.2) is 0 Å². The smallest absolute Gasteiger partial charge is 0.0695 e. The van der Waals surface area contributed by atoms with Crippen molar-refractivity contribution in [2.45, 2.75) is 78.4 Å². The largest absolute Gasteiger partial charge is 0.391 e. The second-order valence-electron chi connectivity index (χ2n) is 7.90. The maximum atomic E-state index is 10.4. The zero-order valence-corrected chi connectivity index (χ0v) is 13.4. The van der Waals surface area contributed by atoms with Crippen LogP contribution in [0, 0.1) is 17.3 Å². The zero-order valence-electron chi connectivity index (χ0n) is 13.4. The molecule has 0 aromatic carbocycles. The molecule has 2 aliphatic carbocycles. The number of aliphatic hydroxyl groups is 1. The number of nitrogens with zero attached hydrogens (tertiary/aromatic N) is 1. The molecule has 2 rings (SSSR count). The summed E-state index contributed by atoms with van der Waals surface area (Å²) < 4.78 is 0. The highest BCUT2D eigenvalue weighted by Crippen LogP contribution is 2.40. The zero-order chi connectivity index (χ0) is 14.0. The Morgan fingerprint density at radius 1 is 1.11 bits per heavy atom. The van der Waals surface area contributed by atoms with Gasteiger partial charge in [-0.05, 0) is 55.9 Å². The molecule has 0 aromatic heterocycles. The van der Waals surface area contributed by atoms with Gasteiger partial charge in [-0.1, -0.05) is 34.1 Å². The van der Waals surface area contributed by atoms with Gasteiger partial charge >= 0.3 is 0 Å². The summed E-state index contributed by atoms with van der Waals surface area (Å²) in [4.78, 5) is 2.58. The van der Waals surface area contributed by atoms with Gasteiger partial charge in [-0.15, -0.1) is 0 Å². The third-order valence-electron chi connectivity index (χ3n) is 5.60. The first-order valence-corrected chi connectivity index (χ1v) is 8.34. The van der Waals surface area contributed by atoms with Crippen LogP contribution in [0.3, 0.4) is 0 Å². The molecule has 2 fully saturated rings. The van der Waals surface area contributed by atoms with Gasteiger partial charge in [0.25, 0.3) is 0 Å². The SMILES string of the molecule is CCN(CC1CCC1)C1CC(C(C)(C)C)CCC1O. The summed E-state index contributed by atoms with van der Waals surface area (Å²) in [5, 5.41) is 10.4. The lowest BCUT2D eigenvalue weighted by molar-refractivity contribution is -0.0244. The monoisotopic (exact) mass is 267 g/mol. The van der Waals surface area contributed by atoms with Crippen LogP contribution in [0.4, 0.5) is 0 Å². The molecule has 3 unspecified atom stereocenters. The quantitative estimate of drug-likeness (QED) is 0.840. The molecule has 0 aromatic rings. The van der Waals surface area contributed by atoms with Crippen molar-refractivity contribution in [1.29, 1.82) is 0 Å². The fourth-order valence-electron chi connectivity index (χ4n) is 3.82. The maximum Gasteiger partial charge on any atom is 0.0695 e. The van der Waals surface area contributed by atoms with Crippen LogP contribution in [0.25, 0.3) is 0 Å². The van der Waals surface area contributed by atoms with Gasteiger partial charge in [0.2, 0.25) is 0 Å². The molecule has 3 atom stereocenters. The van der Waals surface area contributed by atoms with Crippen molar-refractivity contribution in [1.82, 2.24) is 4.90 Å². The van der Waals surface area contributed by atoms with Gasteiger partial charge in [-0.2, -0.15) is 0 Å². The molecule has 0 saturated heterocycles. The Kier molecular flexibility index (Phi) is 4.94. The Hall–Kier alpha value is -0.0800. The van der Waals surface area contributed by atoms with Crippen molar-refractivity contribution in [3.63, 3.8) is 0 Å². The van der Waals surface area contributed by atoms with E-state index in [-0.39, 0.29) is 6.10 Å². The first kappa shape index (κ1) is 15.3. The third kappa shape index (κ3) is 3.72. The number of likely N-dealkylation sites (N-methyl/N-ethyl adjacent to an activating group) is 1. The number of rotatable bonds is 4. The first-order chi connectivity index (χ1) is 8.91. The van der Waals surface area contributed by atoms with E-state index in [9.17, 15) is 5.11 Å². The lowest BCUT2D eigenvalue weighted by atomic mass is 9.69. The van der Waals surface area contributed by atoms with Crippen molar-refractivity contribution in [2.24, 2.45) is 17.3 Å². The molecule has 2 saturated carbocycles. The Bertz CT molecular complexity index is 279. The Labute approximate surface area is 119 Å². The maximum absolute atomic E-state index is 10.4. The molecule has 0 heterocycles. The molecule has 19 heavy (non-hydrogen) atoms. The van der Waals surface area contributed by atoms with Crippen molar-refractivity contribution in [2.75, 3.05) is 13.1 Å². The van der Waals surface area contributed by atoms with E-state index in [0.717, 1.165) is 24.8 Å². The van der Waals surface area contributed by atoms with Crippen LogP contribution < -0.4 is 0 Å². The van der Waals surface area contributed by atoms with Gasteiger partial charge in [0, 0.05) is 12.6 Å². The van der Waals surface area contributed by atoms with Crippen LogP contribution in [0.2, 0.25) is 0 Å². The second kappa shape index (κ2) is 6.13. The minimum absolute atomic E-state index is 0.0985. The van der Waals surface area contributed by atoms with Gasteiger partial charge in [0.05, 0.1) is 6.10 Å². The molecule has 1 N–H and O–H groups in total. The molecule has 0 aliphatic heterocycles. The van der Waals surface area contributed by atoms with Crippen LogP contribution in [0.1, 0.15) is 66.2 Å². The van der Waals surface area contributed by atoms with E-state index in [1.165, 1.54) is 38.6 Å². The molecule has 0 amide bonds. The molecular formula is C17H33NO. The van der Waals surface area contributed by atoms with Crippen LogP contribution in [-0.2, 0) is 0 Å². The highest BCUT2D eigenvalue weighted by molar-refractivity contribution is 4.91. The van der Waals surface area contributed by atoms with Gasteiger partial charge < -0.3 is 5.11 Å². The van der Waals surface area contributed by atoms with Crippen LogP contribution in [-0.4, -0.2) is 35.2 Å². The van der Waals surface area contributed by atoms with Crippen molar-refractivity contribution in [3.05, 3.63) is 0 Å². The third-order valence-corrected chi connectivity index (χ3v) is 5.60. The number of hydrogen-bond donors (Lipinski definition) is 1. The number of aliphatic hydroxyl groups excluding tert-OH is 1. The Morgan fingerprint density at radius 3 is 2.26 bits per heavy atom. The topological polar surface area (TPSA) is 23.5 Å². The predicted octanol–water partition coefficient (Wildman–Crippen LogP) is 3.68. The van der Waals surface area contributed by atoms with Crippen molar-refractivity contribution in [3.8, 4) is 0 Å². The molecule has 0 radical (unpaired) electrons. The first-order valence-electron chi connectivity index (χ1n) is 8.34. The Morgan fingerprint density at radius 2 is 1.79 bits per heavy atom. The van der Waals surface area contributed by atoms with Gasteiger partial charge in [0.1, 0.15) is 0 Å². The molecule has 2 heteroatoms. The molecule has 2 nitrogen and oxygen atoms in total. The van der Waals surface area contributed by atoms with Gasteiger partial charge in [-0.25, -0.2) is 0 Å². The fourth-order valence-corrected chi connectivity index (χ4v) is 3.82. The van der Waals surface area contributed by atoms with E-state index in [1.807, 2.05) is 0 Å². The van der Waals surface area contributed by atoms with Crippen LogP contribution >= 0.6 is 0 Å². The normalized spacial score (nSPS) is 33.5. The summed E-state index contributed by atoms with van der Waals surface area (Å²) in [5.74, 6) is 1.67. The lowest BCUT2D eigenvalue weighted by Gasteiger charge is -2.46. The van der Waals surface area contributed by atoms with E-state index < -0.39 is 0 Å². The second-order valence-corrected chi connectivity index (χ2v) is 7.90. The van der Waals surface area contributed by atoms with Crippen molar-refractivity contribution < 1.29 is 5.11 Å². The van der Waals surface area contributed by atoms with Gasteiger partial charge in [0.15, 0.2) is 0 Å². The predicted molar refractivity (Wildman–Crippen MR) is 81.2 cm³/mol. The summed E-state index contributed by atoms with van der Waals surface area (Å²) in [6, 6.07) is 0.406. The highest BCUT2D eigenvalue weighted by atomic mass is 16.3. The molecule has 0 spiro atoms. The standard InChI is InChI=1S/C17H33NO/c1-5-18(12-13-7-6-8-13)15-11-14(17(2,3)4)9-10-16(15)19/h13-16,19H,5-12H2,1-4H3. The van der Waals surface area contributed by atoms with E-state index in [2.05, 4.69) is 32.6 Å². The van der Waals surface area contributed by atoms with Gasteiger partial charge in [-0.3, -0.25) is 4.90 Å². The summed E-state index contributed by atoms with van der Waals surface area (Å²) >= 11 is 0. The van der Waals surface area contributed by atoms with Crippen molar-refractivity contribution >= 4 is 0 Å². The average molecular weight is 267 g/mol. The molecular weight excluding hydrogens is 234 g/mol. The van der Waals surface area contributed by atoms with E-state index in [4.69, 9.17) is 0 Å². The molecule has 0 bridgehead atoms. The highest BCUT2D eigenvalue weighted by Gasteiger charge is 2.38. The van der Waals surface area contributed by atoms with E-state index >= 15 is 0 Å². The summed E-state index contributed by atoms with van der Waals surface area (Å²) in [7, 11) is 0.